The van der Waals surface area contributed by atoms with E-state index in [1.807, 2.05) is 13.0 Å². The zero-order valence-corrected chi connectivity index (χ0v) is 13.0. The lowest BCUT2D eigenvalue weighted by atomic mass is 10.0. The molecule has 0 radical (unpaired) electrons. The number of aliphatic hydroxyl groups excluding tert-OH is 1. The first-order valence-electron chi connectivity index (χ1n) is 7.23. The highest BCUT2D eigenvalue weighted by molar-refractivity contribution is 6.03. The van der Waals surface area contributed by atoms with E-state index < -0.39 is 5.60 Å². The van der Waals surface area contributed by atoms with Gasteiger partial charge in [-0.1, -0.05) is 6.92 Å². The van der Waals surface area contributed by atoms with E-state index in [0.29, 0.717) is 29.4 Å². The number of anilines is 1. The van der Waals surface area contributed by atoms with Gasteiger partial charge in [0.05, 0.1) is 25.0 Å². The number of hydrogen-bond donors (Lipinski definition) is 1. The van der Waals surface area contributed by atoms with Crippen molar-refractivity contribution in [1.82, 2.24) is 0 Å². The average molecular weight is 304 g/mol. The van der Waals surface area contributed by atoms with Gasteiger partial charge in [0.2, 0.25) is 0 Å². The van der Waals surface area contributed by atoms with Gasteiger partial charge in [0.15, 0.2) is 17.1 Å². The number of benzene rings is 1. The molecule has 0 aromatic heterocycles. The summed E-state index contributed by atoms with van der Waals surface area (Å²) in [6, 6.07) is 5.34. The number of amides is 1. The molecule has 0 fully saturated rings. The number of aliphatic hydroxyl groups is 1. The Hall–Kier alpha value is -2.26. The Morgan fingerprint density at radius 2 is 2.18 bits per heavy atom. The molecule has 118 valence electrons. The quantitative estimate of drug-likeness (QED) is 0.841. The van der Waals surface area contributed by atoms with Gasteiger partial charge >= 0.3 is 0 Å². The predicted octanol–water partition coefficient (Wildman–Crippen LogP) is 2.00. The van der Waals surface area contributed by atoms with Crippen LogP contribution in [0.5, 0.6) is 11.5 Å². The highest BCUT2D eigenvalue weighted by Gasteiger charge is 2.42. The van der Waals surface area contributed by atoms with Gasteiger partial charge < -0.3 is 14.6 Å². The minimum Gasteiger partial charge on any atom is -0.490 e. The molecule has 0 atom stereocenters. The maximum atomic E-state index is 12.5. The van der Waals surface area contributed by atoms with Crippen LogP contribution in [0.4, 0.5) is 5.69 Å². The Kier molecular flexibility index (Phi) is 4.57. The van der Waals surface area contributed by atoms with Crippen molar-refractivity contribution < 1.29 is 19.4 Å². The van der Waals surface area contributed by atoms with Crippen LogP contribution in [-0.4, -0.2) is 29.8 Å². The third-order valence-corrected chi connectivity index (χ3v) is 3.38. The number of nitriles is 1. The minimum atomic E-state index is -1.07. The summed E-state index contributed by atoms with van der Waals surface area (Å²) in [7, 11) is 0. The lowest BCUT2D eigenvalue weighted by Gasteiger charge is -2.38. The van der Waals surface area contributed by atoms with E-state index in [9.17, 15) is 9.90 Å². The standard InChI is InChI=1S/C16H20N2O4/c1-4-7-21-13-9-11(10-19)8-12-14(13)22-16(2,3)15(20)18(12)6-5-17/h8-9,19H,4,6-7,10H2,1-3H3. The van der Waals surface area contributed by atoms with Crippen molar-refractivity contribution in [3.8, 4) is 17.6 Å². The van der Waals surface area contributed by atoms with E-state index in [2.05, 4.69) is 0 Å². The maximum absolute atomic E-state index is 12.5. The predicted molar refractivity (Wildman–Crippen MR) is 80.8 cm³/mol. The Labute approximate surface area is 129 Å². The first-order valence-corrected chi connectivity index (χ1v) is 7.23. The molecule has 1 amide bonds. The largest absolute Gasteiger partial charge is 0.490 e. The molecule has 1 aliphatic heterocycles. The Morgan fingerprint density at radius 3 is 2.77 bits per heavy atom. The molecule has 6 nitrogen and oxygen atoms in total. The number of rotatable bonds is 5. The zero-order valence-electron chi connectivity index (χ0n) is 13.0. The molecule has 2 rings (SSSR count). The summed E-state index contributed by atoms with van der Waals surface area (Å²) in [6.07, 6.45) is 0.822. The van der Waals surface area contributed by atoms with Crippen LogP contribution < -0.4 is 14.4 Å². The monoisotopic (exact) mass is 304 g/mol. The van der Waals surface area contributed by atoms with Crippen molar-refractivity contribution in [2.24, 2.45) is 0 Å². The van der Waals surface area contributed by atoms with Gasteiger partial charge in [0.1, 0.15) is 6.54 Å². The average Bonchev–Trinajstić information content (AvgIpc) is 2.49. The molecule has 1 aromatic rings. The van der Waals surface area contributed by atoms with Gasteiger partial charge in [0.25, 0.3) is 5.91 Å². The first kappa shape index (κ1) is 16.1. The fourth-order valence-electron chi connectivity index (χ4n) is 2.32. The van der Waals surface area contributed by atoms with Crippen LogP contribution in [-0.2, 0) is 11.4 Å². The van der Waals surface area contributed by atoms with Crippen LogP contribution in [0.25, 0.3) is 0 Å². The lowest BCUT2D eigenvalue weighted by Crippen LogP contribution is -2.52. The van der Waals surface area contributed by atoms with E-state index in [4.69, 9.17) is 14.7 Å². The lowest BCUT2D eigenvalue weighted by molar-refractivity contribution is -0.132. The molecule has 6 heteroatoms. The summed E-state index contributed by atoms with van der Waals surface area (Å²) in [5, 5.41) is 18.4. The van der Waals surface area contributed by atoms with Crippen LogP contribution in [0.2, 0.25) is 0 Å². The van der Waals surface area contributed by atoms with Crippen LogP contribution in [0.1, 0.15) is 32.8 Å². The van der Waals surface area contributed by atoms with Gasteiger partial charge in [-0.3, -0.25) is 9.69 Å². The number of carbonyl (C=O) groups excluding carboxylic acids is 1. The SMILES string of the molecule is CCCOc1cc(CO)cc2c1OC(C)(C)C(=O)N2CC#N. The van der Waals surface area contributed by atoms with Crippen molar-refractivity contribution in [3.63, 3.8) is 0 Å². The maximum Gasteiger partial charge on any atom is 0.271 e. The molecule has 1 N–H and O–H groups in total. The molecular formula is C16H20N2O4. The van der Waals surface area contributed by atoms with Crippen LogP contribution in [0, 0.1) is 11.3 Å². The molecule has 0 unspecified atom stereocenters. The second-order valence-electron chi connectivity index (χ2n) is 5.61. The van der Waals surface area contributed by atoms with E-state index in [1.54, 1.807) is 26.0 Å². The molecule has 0 saturated carbocycles. The topological polar surface area (TPSA) is 82.8 Å². The highest BCUT2D eigenvalue weighted by Crippen LogP contribution is 2.45. The van der Waals surface area contributed by atoms with E-state index >= 15 is 0 Å². The van der Waals surface area contributed by atoms with E-state index in [-0.39, 0.29) is 19.1 Å². The third-order valence-electron chi connectivity index (χ3n) is 3.38. The summed E-state index contributed by atoms with van der Waals surface area (Å²) < 4.78 is 11.5. The Morgan fingerprint density at radius 1 is 1.45 bits per heavy atom. The van der Waals surface area contributed by atoms with Crippen molar-refractivity contribution in [3.05, 3.63) is 17.7 Å². The number of carbonyl (C=O) groups is 1. The second-order valence-corrected chi connectivity index (χ2v) is 5.61. The second kappa shape index (κ2) is 6.24. The molecule has 0 spiro atoms. The first-order chi connectivity index (χ1) is 10.4. The van der Waals surface area contributed by atoms with E-state index in [1.165, 1.54) is 4.90 Å². The molecule has 0 aliphatic carbocycles. The third kappa shape index (κ3) is 2.85. The molecule has 1 heterocycles. The Bertz CT molecular complexity index is 619. The number of ether oxygens (including phenoxy) is 2. The molecule has 22 heavy (non-hydrogen) atoms. The van der Waals surface area contributed by atoms with Crippen molar-refractivity contribution >= 4 is 11.6 Å². The number of fused-ring (bicyclic) bond motifs is 1. The molecule has 0 bridgehead atoms. The number of hydrogen-bond acceptors (Lipinski definition) is 5. The summed E-state index contributed by atoms with van der Waals surface area (Å²) in [5.74, 6) is 0.621. The van der Waals surface area contributed by atoms with Crippen molar-refractivity contribution in [2.75, 3.05) is 18.1 Å². The number of nitrogens with zero attached hydrogens (tertiary/aromatic N) is 2. The molecular weight excluding hydrogens is 284 g/mol. The summed E-state index contributed by atoms with van der Waals surface area (Å²) in [5.41, 5.74) is -0.0121. The van der Waals surface area contributed by atoms with Gasteiger partial charge in [-0.05, 0) is 38.0 Å². The minimum absolute atomic E-state index is 0.0826. The molecule has 0 saturated heterocycles. The summed E-state index contributed by atoms with van der Waals surface area (Å²) >= 11 is 0. The van der Waals surface area contributed by atoms with Gasteiger partial charge in [0, 0.05) is 0 Å². The van der Waals surface area contributed by atoms with Crippen LogP contribution in [0.3, 0.4) is 0 Å². The van der Waals surface area contributed by atoms with Crippen LogP contribution >= 0.6 is 0 Å². The molecule has 1 aromatic carbocycles. The molecule has 1 aliphatic rings. The summed E-state index contributed by atoms with van der Waals surface area (Å²) in [4.78, 5) is 13.8. The summed E-state index contributed by atoms with van der Waals surface area (Å²) in [6.45, 7) is 5.53. The van der Waals surface area contributed by atoms with Gasteiger partial charge in [-0.2, -0.15) is 5.26 Å². The Balaban J connectivity index is 2.58. The zero-order chi connectivity index (χ0) is 16.3. The fourth-order valence-corrected chi connectivity index (χ4v) is 2.32. The fraction of sp³-hybridized carbons (Fsp3) is 0.500. The van der Waals surface area contributed by atoms with Gasteiger partial charge in [-0.15, -0.1) is 0 Å². The smallest absolute Gasteiger partial charge is 0.271 e. The highest BCUT2D eigenvalue weighted by atomic mass is 16.5. The van der Waals surface area contributed by atoms with E-state index in [0.717, 1.165) is 6.42 Å². The normalized spacial score (nSPS) is 15.8. The van der Waals surface area contributed by atoms with Crippen LogP contribution in [0.15, 0.2) is 12.1 Å². The van der Waals surface area contributed by atoms with Crippen molar-refractivity contribution in [2.45, 2.75) is 39.4 Å². The van der Waals surface area contributed by atoms with Crippen molar-refractivity contribution in [1.29, 1.82) is 5.26 Å². The van der Waals surface area contributed by atoms with Gasteiger partial charge in [-0.25, -0.2) is 0 Å².